The highest BCUT2D eigenvalue weighted by molar-refractivity contribution is 5.75. The van der Waals surface area contributed by atoms with E-state index < -0.39 is 0 Å². The van der Waals surface area contributed by atoms with E-state index in [-0.39, 0.29) is 6.10 Å². The third-order valence-corrected chi connectivity index (χ3v) is 6.24. The van der Waals surface area contributed by atoms with Crippen molar-refractivity contribution in [1.29, 1.82) is 0 Å². The molecule has 0 spiro atoms. The highest BCUT2D eigenvalue weighted by atomic mass is 16.5. The van der Waals surface area contributed by atoms with Gasteiger partial charge in [-0.3, -0.25) is 0 Å². The molecule has 3 nitrogen and oxygen atoms in total. The smallest absolute Gasteiger partial charge is 0.286 e. The normalized spacial score (nSPS) is 19.3. The van der Waals surface area contributed by atoms with Crippen LogP contribution in [0.3, 0.4) is 0 Å². The van der Waals surface area contributed by atoms with Crippen LogP contribution in [0.5, 0.6) is 0 Å². The fourth-order valence-corrected chi connectivity index (χ4v) is 4.60. The van der Waals surface area contributed by atoms with Crippen molar-refractivity contribution in [1.82, 2.24) is 5.32 Å². The number of amidine groups is 1. The average molecular weight is 391 g/mol. The molecule has 0 radical (unpaired) electrons. The molecule has 1 N–H and O–H groups in total. The summed E-state index contributed by atoms with van der Waals surface area (Å²) in [7, 11) is 0. The molecule has 2 aromatic carbocycles. The average Bonchev–Trinajstić information content (AvgIpc) is 2.80. The number of hydrogen-bond acceptors (Lipinski definition) is 2. The summed E-state index contributed by atoms with van der Waals surface area (Å²) in [4.78, 5) is 5.10. The SMILES string of the molecule is c1ccc(C(OC(=NC2CCCCC2)NC2CCCCC2)c2ccccc2)cc1. The summed E-state index contributed by atoms with van der Waals surface area (Å²) >= 11 is 0. The van der Waals surface area contributed by atoms with E-state index in [0.717, 1.165) is 6.02 Å². The molecule has 0 bridgehead atoms. The van der Waals surface area contributed by atoms with Crippen molar-refractivity contribution in [2.75, 3.05) is 0 Å². The molecule has 0 unspecified atom stereocenters. The molecule has 3 heteroatoms. The molecule has 0 saturated heterocycles. The van der Waals surface area contributed by atoms with Crippen LogP contribution in [-0.4, -0.2) is 18.1 Å². The molecule has 2 fully saturated rings. The first-order chi connectivity index (χ1) is 14.4. The molecule has 2 aromatic rings. The number of nitrogens with zero attached hydrogens (tertiary/aromatic N) is 1. The van der Waals surface area contributed by atoms with Gasteiger partial charge in [-0.15, -0.1) is 0 Å². The predicted octanol–water partition coefficient (Wildman–Crippen LogP) is 6.40. The lowest BCUT2D eigenvalue weighted by Crippen LogP contribution is -2.39. The minimum Gasteiger partial charge on any atom is -0.452 e. The number of benzene rings is 2. The molecule has 0 aromatic heterocycles. The van der Waals surface area contributed by atoms with Crippen molar-refractivity contribution in [3.8, 4) is 0 Å². The summed E-state index contributed by atoms with van der Waals surface area (Å²) in [5, 5.41) is 3.70. The lowest BCUT2D eigenvalue weighted by Gasteiger charge is -2.28. The van der Waals surface area contributed by atoms with Crippen LogP contribution in [-0.2, 0) is 4.74 Å². The van der Waals surface area contributed by atoms with E-state index in [4.69, 9.17) is 9.73 Å². The Morgan fingerprint density at radius 1 is 0.724 bits per heavy atom. The highest BCUT2D eigenvalue weighted by Crippen LogP contribution is 2.28. The fraction of sp³-hybridized carbons (Fsp3) is 0.500. The number of rotatable bonds is 5. The minimum atomic E-state index is -0.143. The first kappa shape index (κ1) is 20.0. The van der Waals surface area contributed by atoms with Crippen LogP contribution in [0.2, 0.25) is 0 Å². The molecule has 0 heterocycles. The number of aliphatic imine (C=N–C) groups is 1. The largest absolute Gasteiger partial charge is 0.452 e. The summed E-state index contributed by atoms with van der Waals surface area (Å²) in [5.74, 6) is 0. The molecule has 154 valence electrons. The van der Waals surface area contributed by atoms with Gasteiger partial charge in [-0.25, -0.2) is 4.99 Å². The third-order valence-electron chi connectivity index (χ3n) is 6.24. The molecule has 2 saturated carbocycles. The molecule has 29 heavy (non-hydrogen) atoms. The maximum atomic E-state index is 6.67. The first-order valence-electron chi connectivity index (χ1n) is 11.5. The van der Waals surface area contributed by atoms with Crippen LogP contribution in [0.4, 0.5) is 0 Å². The standard InChI is InChI=1S/C26H34N2O/c1-5-13-21(14-6-1)25(22-15-7-2-8-16-22)29-26(27-23-17-9-3-10-18-23)28-24-19-11-4-12-20-24/h1-2,5-8,13-16,23-25H,3-4,9-12,17-20H2,(H,27,28). The van der Waals surface area contributed by atoms with Gasteiger partial charge in [0.2, 0.25) is 0 Å². The Morgan fingerprint density at radius 3 is 1.79 bits per heavy atom. The van der Waals surface area contributed by atoms with Crippen molar-refractivity contribution >= 4 is 6.02 Å². The molecule has 0 amide bonds. The lowest BCUT2D eigenvalue weighted by molar-refractivity contribution is 0.209. The van der Waals surface area contributed by atoms with Crippen LogP contribution in [0.15, 0.2) is 65.7 Å². The van der Waals surface area contributed by atoms with E-state index in [0.29, 0.717) is 12.1 Å². The van der Waals surface area contributed by atoms with Crippen LogP contribution in [0.25, 0.3) is 0 Å². The number of hydrogen-bond donors (Lipinski definition) is 1. The molecule has 4 rings (SSSR count). The lowest BCUT2D eigenvalue weighted by atomic mass is 9.95. The van der Waals surface area contributed by atoms with Crippen molar-refractivity contribution in [2.45, 2.75) is 82.4 Å². The third kappa shape index (κ3) is 5.85. The fourth-order valence-electron chi connectivity index (χ4n) is 4.60. The monoisotopic (exact) mass is 390 g/mol. The van der Waals surface area contributed by atoms with Gasteiger partial charge in [0.05, 0.1) is 6.04 Å². The zero-order chi connectivity index (χ0) is 19.7. The Kier molecular flexibility index (Phi) is 7.23. The molecule has 2 aliphatic rings. The van der Waals surface area contributed by atoms with Crippen LogP contribution in [0, 0.1) is 0 Å². The van der Waals surface area contributed by atoms with E-state index in [9.17, 15) is 0 Å². The van der Waals surface area contributed by atoms with Gasteiger partial charge >= 0.3 is 0 Å². The van der Waals surface area contributed by atoms with Gasteiger partial charge in [-0.05, 0) is 36.8 Å². The molecule has 0 aliphatic heterocycles. The zero-order valence-electron chi connectivity index (χ0n) is 17.4. The van der Waals surface area contributed by atoms with Gasteiger partial charge in [0.1, 0.15) is 0 Å². The second kappa shape index (κ2) is 10.5. The van der Waals surface area contributed by atoms with E-state index in [1.54, 1.807) is 0 Å². The summed E-state index contributed by atoms with van der Waals surface area (Å²) in [6.07, 6.45) is 12.5. The summed E-state index contributed by atoms with van der Waals surface area (Å²) in [5.41, 5.74) is 2.33. The quantitative estimate of drug-likeness (QED) is 0.473. The number of nitrogens with one attached hydrogen (secondary N) is 1. The van der Waals surface area contributed by atoms with Crippen molar-refractivity contribution in [3.63, 3.8) is 0 Å². The highest BCUT2D eigenvalue weighted by Gasteiger charge is 2.23. The van der Waals surface area contributed by atoms with Crippen molar-refractivity contribution in [2.24, 2.45) is 4.99 Å². The second-order valence-corrected chi connectivity index (χ2v) is 8.52. The zero-order valence-corrected chi connectivity index (χ0v) is 17.4. The van der Waals surface area contributed by atoms with E-state index in [1.165, 1.54) is 75.3 Å². The van der Waals surface area contributed by atoms with Crippen molar-refractivity contribution < 1.29 is 4.74 Å². The maximum absolute atomic E-state index is 6.67. The van der Waals surface area contributed by atoms with Crippen LogP contribution < -0.4 is 5.32 Å². The Balaban J connectivity index is 1.59. The van der Waals surface area contributed by atoms with E-state index >= 15 is 0 Å². The van der Waals surface area contributed by atoms with Crippen molar-refractivity contribution in [3.05, 3.63) is 71.8 Å². The van der Waals surface area contributed by atoms with Gasteiger partial charge in [0.25, 0.3) is 6.02 Å². The van der Waals surface area contributed by atoms with E-state index in [1.807, 2.05) is 0 Å². The summed E-state index contributed by atoms with van der Waals surface area (Å²) in [6, 6.07) is 22.7. The van der Waals surface area contributed by atoms with Crippen LogP contribution in [0.1, 0.15) is 81.4 Å². The Bertz CT molecular complexity index is 707. The molecule has 2 aliphatic carbocycles. The Hall–Kier alpha value is -2.29. The van der Waals surface area contributed by atoms with Gasteiger partial charge < -0.3 is 10.1 Å². The Labute approximate surface area is 175 Å². The van der Waals surface area contributed by atoms with Gasteiger partial charge in [0.15, 0.2) is 6.10 Å². The summed E-state index contributed by atoms with van der Waals surface area (Å²) < 4.78 is 6.67. The minimum absolute atomic E-state index is 0.143. The maximum Gasteiger partial charge on any atom is 0.286 e. The molecule has 0 atom stereocenters. The second-order valence-electron chi connectivity index (χ2n) is 8.52. The van der Waals surface area contributed by atoms with Gasteiger partial charge in [0, 0.05) is 6.04 Å². The first-order valence-corrected chi connectivity index (χ1v) is 11.5. The number of ether oxygens (including phenoxy) is 1. The van der Waals surface area contributed by atoms with E-state index in [2.05, 4.69) is 66.0 Å². The Morgan fingerprint density at radius 2 is 1.24 bits per heavy atom. The van der Waals surface area contributed by atoms with Gasteiger partial charge in [-0.1, -0.05) is 99.2 Å². The van der Waals surface area contributed by atoms with Gasteiger partial charge in [-0.2, -0.15) is 0 Å². The predicted molar refractivity (Wildman–Crippen MR) is 120 cm³/mol. The molecular weight excluding hydrogens is 356 g/mol. The van der Waals surface area contributed by atoms with Crippen LogP contribution >= 0.6 is 0 Å². The summed E-state index contributed by atoms with van der Waals surface area (Å²) in [6.45, 7) is 0. The topological polar surface area (TPSA) is 33.6 Å². The molecular formula is C26H34N2O.